The molecule has 1 aromatic rings. The Balaban J connectivity index is 1.84. The first-order valence-corrected chi connectivity index (χ1v) is 9.06. The van der Waals surface area contributed by atoms with Gasteiger partial charge in [-0.3, -0.25) is 4.79 Å². The monoisotopic (exact) mass is 315 g/mol. The van der Waals surface area contributed by atoms with E-state index in [-0.39, 0.29) is 29.2 Å². The molecule has 1 atom stereocenters. The predicted molar refractivity (Wildman–Crippen MR) is 78.9 cm³/mol. The van der Waals surface area contributed by atoms with Gasteiger partial charge >= 0.3 is 0 Å². The summed E-state index contributed by atoms with van der Waals surface area (Å²) in [4.78, 5) is 12.7. The molecule has 20 heavy (non-hydrogen) atoms. The molecule has 1 N–H and O–H groups in total. The Kier molecular flexibility index (Phi) is 4.93. The Morgan fingerprint density at radius 2 is 2.20 bits per heavy atom. The molecule has 1 aliphatic rings. The molecular formula is C13H17NO4S2. The van der Waals surface area contributed by atoms with Crippen molar-refractivity contribution in [3.05, 3.63) is 24.3 Å². The molecule has 110 valence electrons. The topological polar surface area (TPSA) is 72.5 Å². The average molecular weight is 315 g/mol. The van der Waals surface area contributed by atoms with Crippen molar-refractivity contribution < 1.29 is 17.9 Å². The third-order valence-electron chi connectivity index (χ3n) is 3.03. The van der Waals surface area contributed by atoms with Gasteiger partial charge in [-0.25, -0.2) is 8.42 Å². The highest BCUT2D eigenvalue weighted by molar-refractivity contribution is 8.00. The molecule has 1 amide bonds. The van der Waals surface area contributed by atoms with Crippen molar-refractivity contribution in [3.8, 4) is 5.75 Å². The van der Waals surface area contributed by atoms with E-state index >= 15 is 0 Å². The van der Waals surface area contributed by atoms with Crippen LogP contribution in [0.4, 0.5) is 0 Å². The minimum atomic E-state index is -2.96. The fraction of sp³-hybridized carbons (Fsp3) is 0.462. The third kappa shape index (κ3) is 4.14. The second-order valence-corrected chi connectivity index (χ2v) is 7.85. The Hall–Kier alpha value is -1.21. The second kappa shape index (κ2) is 6.49. The first kappa shape index (κ1) is 15.2. The lowest BCUT2D eigenvalue weighted by Gasteiger charge is -2.11. The van der Waals surface area contributed by atoms with E-state index in [1.807, 2.05) is 24.3 Å². The lowest BCUT2D eigenvalue weighted by atomic mass is 10.3. The molecule has 0 spiro atoms. The minimum absolute atomic E-state index is 0.0536. The Morgan fingerprint density at radius 1 is 1.45 bits per heavy atom. The highest BCUT2D eigenvalue weighted by Crippen LogP contribution is 2.28. The van der Waals surface area contributed by atoms with Crippen LogP contribution in [0.15, 0.2) is 29.2 Å². The summed E-state index contributed by atoms with van der Waals surface area (Å²) in [5.41, 5.74) is 0. The van der Waals surface area contributed by atoms with Crippen molar-refractivity contribution in [2.75, 3.05) is 24.4 Å². The van der Waals surface area contributed by atoms with E-state index in [4.69, 9.17) is 4.74 Å². The Bertz CT molecular complexity index is 586. The maximum atomic E-state index is 11.8. The van der Waals surface area contributed by atoms with Gasteiger partial charge in [-0.2, -0.15) is 0 Å². The van der Waals surface area contributed by atoms with Crippen molar-refractivity contribution >= 4 is 27.5 Å². The summed E-state index contributed by atoms with van der Waals surface area (Å²) >= 11 is 1.38. The molecule has 1 fully saturated rings. The summed E-state index contributed by atoms with van der Waals surface area (Å²) < 4.78 is 27.8. The van der Waals surface area contributed by atoms with Gasteiger partial charge in [0.25, 0.3) is 0 Å². The van der Waals surface area contributed by atoms with E-state index in [9.17, 15) is 13.2 Å². The number of benzene rings is 1. The molecule has 1 aromatic carbocycles. The van der Waals surface area contributed by atoms with Gasteiger partial charge in [0.1, 0.15) is 5.75 Å². The summed E-state index contributed by atoms with van der Waals surface area (Å²) in [6.07, 6.45) is 0.507. The van der Waals surface area contributed by atoms with Crippen LogP contribution < -0.4 is 10.1 Å². The van der Waals surface area contributed by atoms with Crippen LogP contribution in [0.25, 0.3) is 0 Å². The van der Waals surface area contributed by atoms with Gasteiger partial charge in [0.15, 0.2) is 9.84 Å². The normalized spacial score (nSPS) is 20.6. The molecule has 1 heterocycles. The van der Waals surface area contributed by atoms with E-state index < -0.39 is 9.84 Å². The number of carbonyl (C=O) groups is 1. The number of carbonyl (C=O) groups excluding carboxylic acids is 1. The molecule has 0 unspecified atom stereocenters. The third-order valence-corrected chi connectivity index (χ3v) is 5.85. The summed E-state index contributed by atoms with van der Waals surface area (Å²) in [5.74, 6) is 1.05. The van der Waals surface area contributed by atoms with Crippen molar-refractivity contribution in [2.45, 2.75) is 17.4 Å². The predicted octanol–water partition coefficient (Wildman–Crippen LogP) is 1.09. The van der Waals surface area contributed by atoms with Crippen molar-refractivity contribution in [1.82, 2.24) is 5.32 Å². The molecule has 0 saturated carbocycles. The number of thioether (sulfide) groups is 1. The maximum Gasteiger partial charge on any atom is 0.230 e. The SMILES string of the molecule is COc1ccccc1SCC(=O)N[C@@H]1CCS(=O)(=O)C1. The number of rotatable bonds is 5. The zero-order chi connectivity index (χ0) is 14.6. The minimum Gasteiger partial charge on any atom is -0.496 e. The molecule has 5 nitrogen and oxygen atoms in total. The van der Waals surface area contributed by atoms with Crippen molar-refractivity contribution in [3.63, 3.8) is 0 Å². The van der Waals surface area contributed by atoms with Gasteiger partial charge in [0.05, 0.1) is 24.4 Å². The molecule has 1 saturated heterocycles. The molecule has 1 aliphatic heterocycles. The zero-order valence-electron chi connectivity index (χ0n) is 11.2. The van der Waals surface area contributed by atoms with Crippen LogP contribution in [0.5, 0.6) is 5.75 Å². The van der Waals surface area contributed by atoms with E-state index in [1.54, 1.807) is 7.11 Å². The van der Waals surface area contributed by atoms with E-state index in [0.717, 1.165) is 10.6 Å². The first-order valence-electron chi connectivity index (χ1n) is 6.26. The van der Waals surface area contributed by atoms with Gasteiger partial charge in [-0.1, -0.05) is 12.1 Å². The van der Waals surface area contributed by atoms with Crippen LogP contribution in [-0.4, -0.2) is 44.7 Å². The summed E-state index contributed by atoms with van der Waals surface area (Å²) in [6, 6.07) is 7.23. The van der Waals surface area contributed by atoms with Gasteiger partial charge < -0.3 is 10.1 Å². The number of amides is 1. The van der Waals surface area contributed by atoms with Crippen LogP contribution in [0.3, 0.4) is 0 Å². The summed E-state index contributed by atoms with van der Waals surface area (Å²) in [5, 5.41) is 2.76. The molecule has 0 bridgehead atoms. The average Bonchev–Trinajstić information content (AvgIpc) is 2.76. The fourth-order valence-corrected chi connectivity index (χ4v) is 4.57. The number of para-hydroxylation sites is 1. The Labute approximate surface area is 123 Å². The maximum absolute atomic E-state index is 11.8. The second-order valence-electron chi connectivity index (χ2n) is 4.61. The molecule has 0 radical (unpaired) electrons. The number of hydrogen-bond acceptors (Lipinski definition) is 5. The van der Waals surface area contributed by atoms with E-state index in [0.29, 0.717) is 6.42 Å². The largest absolute Gasteiger partial charge is 0.496 e. The smallest absolute Gasteiger partial charge is 0.230 e. The van der Waals surface area contributed by atoms with Crippen molar-refractivity contribution in [1.29, 1.82) is 0 Å². The number of sulfone groups is 1. The van der Waals surface area contributed by atoms with E-state index in [2.05, 4.69) is 5.32 Å². The molecule has 2 rings (SSSR count). The van der Waals surface area contributed by atoms with Gasteiger partial charge in [0, 0.05) is 10.9 Å². The number of ether oxygens (including phenoxy) is 1. The molecular weight excluding hydrogens is 298 g/mol. The van der Waals surface area contributed by atoms with Crippen LogP contribution in [0.1, 0.15) is 6.42 Å². The quantitative estimate of drug-likeness (QED) is 0.824. The highest BCUT2D eigenvalue weighted by Gasteiger charge is 2.28. The number of hydrogen-bond donors (Lipinski definition) is 1. The zero-order valence-corrected chi connectivity index (χ0v) is 12.8. The highest BCUT2D eigenvalue weighted by atomic mass is 32.2. The standard InChI is InChI=1S/C13H17NO4S2/c1-18-11-4-2-3-5-12(11)19-8-13(15)14-10-6-7-20(16,17)9-10/h2-5,10H,6-9H2,1H3,(H,14,15)/t10-/m1/s1. The fourth-order valence-electron chi connectivity index (χ4n) is 2.06. The number of methoxy groups -OCH3 is 1. The summed E-state index contributed by atoms with van der Waals surface area (Å²) in [6.45, 7) is 0. The van der Waals surface area contributed by atoms with Crippen LogP contribution >= 0.6 is 11.8 Å². The Morgan fingerprint density at radius 3 is 2.85 bits per heavy atom. The van der Waals surface area contributed by atoms with Gasteiger partial charge in [-0.05, 0) is 18.6 Å². The van der Waals surface area contributed by atoms with Crippen molar-refractivity contribution in [2.24, 2.45) is 0 Å². The van der Waals surface area contributed by atoms with Crippen LogP contribution in [-0.2, 0) is 14.6 Å². The van der Waals surface area contributed by atoms with Crippen LogP contribution in [0, 0.1) is 0 Å². The van der Waals surface area contributed by atoms with Gasteiger partial charge in [0.2, 0.25) is 5.91 Å². The molecule has 0 aromatic heterocycles. The first-order chi connectivity index (χ1) is 9.50. The molecule has 7 heteroatoms. The lowest BCUT2D eigenvalue weighted by Crippen LogP contribution is -2.36. The number of nitrogens with one attached hydrogen (secondary N) is 1. The molecule has 0 aliphatic carbocycles. The van der Waals surface area contributed by atoms with E-state index in [1.165, 1.54) is 11.8 Å². The summed E-state index contributed by atoms with van der Waals surface area (Å²) in [7, 11) is -1.37. The lowest BCUT2D eigenvalue weighted by molar-refractivity contribution is -0.119. The van der Waals surface area contributed by atoms with Gasteiger partial charge in [-0.15, -0.1) is 11.8 Å². The van der Waals surface area contributed by atoms with Crippen LogP contribution in [0.2, 0.25) is 0 Å².